The van der Waals surface area contributed by atoms with Crippen LogP contribution in [0.2, 0.25) is 0 Å². The van der Waals surface area contributed by atoms with Crippen LogP contribution in [0.1, 0.15) is 22.5 Å². The molecule has 0 saturated heterocycles. The van der Waals surface area contributed by atoms with Crippen molar-refractivity contribution in [3.05, 3.63) is 114 Å². The number of aromatic nitrogens is 2. The number of H-pyrrole nitrogens is 1. The third kappa shape index (κ3) is 3.97. The minimum atomic E-state index is 0.639. The average molecular weight is 416 g/mol. The van der Waals surface area contributed by atoms with Gasteiger partial charge in [0, 0.05) is 11.1 Å². The fraction of sp³-hybridized carbons (Fsp3) is 0.103. The van der Waals surface area contributed by atoms with E-state index in [0.717, 1.165) is 33.5 Å². The molecule has 0 aliphatic carbocycles. The minimum absolute atomic E-state index is 0.639. The lowest BCUT2D eigenvalue weighted by Gasteiger charge is -2.07. The molecule has 0 bridgehead atoms. The van der Waals surface area contributed by atoms with Gasteiger partial charge in [-0.1, -0.05) is 96.6 Å². The van der Waals surface area contributed by atoms with Crippen LogP contribution in [0, 0.1) is 13.8 Å². The number of fused-ring (bicyclic) bond motifs is 1. The highest BCUT2D eigenvalue weighted by Crippen LogP contribution is 2.34. The number of imidazole rings is 1. The van der Waals surface area contributed by atoms with Gasteiger partial charge in [0.2, 0.25) is 0 Å². The van der Waals surface area contributed by atoms with E-state index in [2.05, 4.69) is 103 Å². The van der Waals surface area contributed by atoms with Gasteiger partial charge in [-0.25, -0.2) is 4.98 Å². The van der Waals surface area contributed by atoms with Gasteiger partial charge in [-0.05, 0) is 36.1 Å². The summed E-state index contributed by atoms with van der Waals surface area (Å²) in [6.45, 7) is 4.89. The van der Waals surface area contributed by atoms with E-state index in [4.69, 9.17) is 4.98 Å². The third-order valence-electron chi connectivity index (χ3n) is 5.81. The van der Waals surface area contributed by atoms with Crippen LogP contribution >= 0.6 is 0 Å². The van der Waals surface area contributed by atoms with Crippen molar-refractivity contribution in [1.82, 2.24) is 9.97 Å². The van der Waals surface area contributed by atoms with E-state index < -0.39 is 0 Å². The number of nitrogens with zero attached hydrogens (tertiary/aromatic N) is 2. The van der Waals surface area contributed by atoms with Crippen molar-refractivity contribution in [3.8, 4) is 22.3 Å². The second-order valence-corrected chi connectivity index (χ2v) is 8.14. The molecule has 5 aromatic rings. The molecule has 0 spiro atoms. The number of hydrogen-bond acceptors (Lipinski definition) is 2. The summed E-state index contributed by atoms with van der Waals surface area (Å²) in [4.78, 5) is 13.1. The Morgan fingerprint density at radius 1 is 0.781 bits per heavy atom. The second kappa shape index (κ2) is 8.64. The van der Waals surface area contributed by atoms with E-state index in [1.165, 1.54) is 22.3 Å². The lowest BCUT2D eigenvalue weighted by atomic mass is 9.98. The molecule has 1 heterocycles. The Morgan fingerprint density at radius 3 is 2.12 bits per heavy atom. The standard InChI is InChI=1S/C29H25N3/c1-20-13-14-24(21(2)17-20)18-30-19-27-31-28-25(22-9-5-3-6-10-22)15-16-26(29(28)32-27)23-11-7-4-8-12-23/h3-17,19H,18H2,1-2H3,(H,31,32). The summed E-state index contributed by atoms with van der Waals surface area (Å²) in [6.07, 6.45) is 1.85. The fourth-order valence-corrected chi connectivity index (χ4v) is 4.13. The smallest absolute Gasteiger partial charge is 0.149 e. The Morgan fingerprint density at radius 2 is 1.44 bits per heavy atom. The van der Waals surface area contributed by atoms with Gasteiger partial charge in [0.05, 0.1) is 23.8 Å². The lowest BCUT2D eigenvalue weighted by Crippen LogP contribution is -1.90. The number of benzene rings is 4. The summed E-state index contributed by atoms with van der Waals surface area (Å²) in [5, 5.41) is 0. The molecule has 3 nitrogen and oxygen atoms in total. The molecule has 0 saturated carbocycles. The maximum absolute atomic E-state index is 4.94. The molecule has 32 heavy (non-hydrogen) atoms. The molecule has 1 aromatic heterocycles. The highest BCUT2D eigenvalue weighted by Gasteiger charge is 2.13. The summed E-state index contributed by atoms with van der Waals surface area (Å²) in [5.74, 6) is 0.769. The van der Waals surface area contributed by atoms with Crippen molar-refractivity contribution in [1.29, 1.82) is 0 Å². The molecule has 0 fully saturated rings. The van der Waals surface area contributed by atoms with Gasteiger partial charge in [-0.2, -0.15) is 0 Å². The summed E-state index contributed by atoms with van der Waals surface area (Å²) in [5.41, 5.74) is 10.3. The number of hydrogen-bond donors (Lipinski definition) is 1. The van der Waals surface area contributed by atoms with E-state index in [1.807, 2.05) is 18.3 Å². The molecule has 0 radical (unpaired) electrons. The van der Waals surface area contributed by atoms with Crippen molar-refractivity contribution in [3.63, 3.8) is 0 Å². The van der Waals surface area contributed by atoms with Gasteiger partial charge < -0.3 is 4.98 Å². The van der Waals surface area contributed by atoms with Crippen molar-refractivity contribution < 1.29 is 0 Å². The topological polar surface area (TPSA) is 41.0 Å². The van der Waals surface area contributed by atoms with Gasteiger partial charge in [-0.3, -0.25) is 4.99 Å². The maximum Gasteiger partial charge on any atom is 0.149 e. The molecule has 156 valence electrons. The molecule has 4 aromatic carbocycles. The largest absolute Gasteiger partial charge is 0.337 e. The molecule has 0 amide bonds. The zero-order chi connectivity index (χ0) is 21.9. The van der Waals surface area contributed by atoms with Gasteiger partial charge in [0.25, 0.3) is 0 Å². The van der Waals surface area contributed by atoms with Crippen LogP contribution in [-0.2, 0) is 6.54 Å². The van der Waals surface area contributed by atoms with Crippen molar-refractivity contribution >= 4 is 17.2 Å². The van der Waals surface area contributed by atoms with Crippen LogP contribution in [0.15, 0.2) is 96.0 Å². The van der Waals surface area contributed by atoms with Gasteiger partial charge >= 0.3 is 0 Å². The third-order valence-corrected chi connectivity index (χ3v) is 5.81. The lowest BCUT2D eigenvalue weighted by molar-refractivity contribution is 1.05. The highest BCUT2D eigenvalue weighted by atomic mass is 14.9. The predicted octanol–water partition coefficient (Wildman–Crippen LogP) is 7.13. The molecule has 3 heteroatoms. The van der Waals surface area contributed by atoms with E-state index in [0.29, 0.717) is 6.54 Å². The second-order valence-electron chi connectivity index (χ2n) is 8.14. The highest BCUT2D eigenvalue weighted by molar-refractivity contribution is 6.02. The quantitative estimate of drug-likeness (QED) is 0.305. The van der Waals surface area contributed by atoms with Crippen LogP contribution in [0.25, 0.3) is 33.3 Å². The molecule has 0 atom stereocenters. The zero-order valence-corrected chi connectivity index (χ0v) is 18.3. The molecule has 0 aliphatic heterocycles. The van der Waals surface area contributed by atoms with E-state index in [9.17, 15) is 0 Å². The van der Waals surface area contributed by atoms with Gasteiger partial charge in [0.1, 0.15) is 5.82 Å². The Hall–Kier alpha value is -3.98. The first kappa shape index (κ1) is 20.0. The van der Waals surface area contributed by atoms with E-state index >= 15 is 0 Å². The first-order valence-electron chi connectivity index (χ1n) is 10.9. The Kier molecular flexibility index (Phi) is 5.39. The number of rotatable bonds is 5. The van der Waals surface area contributed by atoms with Crippen LogP contribution in [0.4, 0.5) is 0 Å². The van der Waals surface area contributed by atoms with Gasteiger partial charge in [-0.15, -0.1) is 0 Å². The first-order chi connectivity index (χ1) is 15.7. The molecular formula is C29H25N3. The zero-order valence-electron chi connectivity index (χ0n) is 18.3. The Bertz CT molecular complexity index is 1320. The molecule has 0 aliphatic rings. The van der Waals surface area contributed by atoms with Crippen molar-refractivity contribution in [2.45, 2.75) is 20.4 Å². The summed E-state index contributed by atoms with van der Waals surface area (Å²) < 4.78 is 0. The van der Waals surface area contributed by atoms with Crippen LogP contribution < -0.4 is 0 Å². The fourth-order valence-electron chi connectivity index (χ4n) is 4.13. The predicted molar refractivity (Wildman–Crippen MR) is 134 cm³/mol. The summed E-state index contributed by atoms with van der Waals surface area (Å²) in [6, 6.07) is 31.7. The maximum atomic E-state index is 4.94. The number of aromatic amines is 1. The summed E-state index contributed by atoms with van der Waals surface area (Å²) in [7, 11) is 0. The summed E-state index contributed by atoms with van der Waals surface area (Å²) >= 11 is 0. The van der Waals surface area contributed by atoms with Gasteiger partial charge in [0.15, 0.2) is 0 Å². The SMILES string of the molecule is Cc1ccc(CN=Cc2nc3c(-c4ccccc4)ccc(-c4ccccc4)c3[nH]2)c(C)c1. The number of nitrogens with one attached hydrogen (secondary N) is 1. The minimum Gasteiger partial charge on any atom is -0.337 e. The van der Waals surface area contributed by atoms with Crippen molar-refractivity contribution in [2.75, 3.05) is 0 Å². The Balaban J connectivity index is 1.57. The van der Waals surface area contributed by atoms with E-state index in [-0.39, 0.29) is 0 Å². The van der Waals surface area contributed by atoms with Crippen LogP contribution in [0.3, 0.4) is 0 Å². The first-order valence-corrected chi connectivity index (χ1v) is 10.9. The molecule has 1 N–H and O–H groups in total. The molecular weight excluding hydrogens is 390 g/mol. The molecule has 5 rings (SSSR count). The molecule has 0 unspecified atom stereocenters. The van der Waals surface area contributed by atoms with Crippen LogP contribution in [-0.4, -0.2) is 16.2 Å². The monoisotopic (exact) mass is 415 g/mol. The Labute approximate surface area is 188 Å². The van der Waals surface area contributed by atoms with E-state index in [1.54, 1.807) is 0 Å². The van der Waals surface area contributed by atoms with Crippen molar-refractivity contribution in [2.24, 2.45) is 4.99 Å². The number of aliphatic imine (C=N–C) groups is 1. The average Bonchev–Trinajstić information content (AvgIpc) is 3.25. The van der Waals surface area contributed by atoms with Crippen LogP contribution in [0.5, 0.6) is 0 Å². The normalized spacial score (nSPS) is 11.4. The number of aryl methyl sites for hydroxylation is 2.